The smallest absolute Gasteiger partial charge is 0.0354 e. The molecule has 2 atom stereocenters. The molecule has 3 fully saturated rings. The molecule has 0 radical (unpaired) electrons. The van der Waals surface area contributed by atoms with E-state index in [0.717, 1.165) is 23.7 Å². The van der Waals surface area contributed by atoms with Gasteiger partial charge in [0.1, 0.15) is 0 Å². The highest BCUT2D eigenvalue weighted by Crippen LogP contribution is 2.50. The molecule has 0 heteroatoms. The third kappa shape index (κ3) is 6.09. The van der Waals surface area contributed by atoms with E-state index in [0.29, 0.717) is 10.8 Å². The van der Waals surface area contributed by atoms with Gasteiger partial charge in [-0.15, -0.1) is 0 Å². The lowest BCUT2D eigenvalue weighted by Gasteiger charge is -2.26. The second-order valence-electron chi connectivity index (χ2n) is 10.7. The van der Waals surface area contributed by atoms with Gasteiger partial charge in [-0.2, -0.15) is 0 Å². The summed E-state index contributed by atoms with van der Waals surface area (Å²) in [6, 6.07) is 0. The third-order valence-corrected chi connectivity index (χ3v) is 7.05. The first-order valence-electron chi connectivity index (χ1n) is 10.2. The molecule has 3 rings (SSSR count). The number of fused-ring (bicyclic) bond motifs is 1. The van der Waals surface area contributed by atoms with E-state index >= 15 is 0 Å². The van der Waals surface area contributed by atoms with Gasteiger partial charge in [-0.05, 0) is 60.2 Å². The van der Waals surface area contributed by atoms with Gasteiger partial charge >= 0.3 is 0 Å². The normalized spacial score (nSPS) is 31.8. The minimum absolute atomic E-state index is 0. The van der Waals surface area contributed by atoms with E-state index in [-0.39, 0.29) is 7.43 Å². The summed E-state index contributed by atoms with van der Waals surface area (Å²) in [5.41, 5.74) is 1.15. The highest BCUT2D eigenvalue weighted by atomic mass is 14.4. The molecule has 0 bridgehead atoms. The predicted octanol–water partition coefficient (Wildman–Crippen LogP) is 8.11. The highest BCUT2D eigenvalue weighted by Gasteiger charge is 2.40. The van der Waals surface area contributed by atoms with Gasteiger partial charge in [0, 0.05) is 0 Å². The summed E-state index contributed by atoms with van der Waals surface area (Å²) in [4.78, 5) is 0. The molecule has 0 nitrogen and oxygen atoms in total. The first-order valence-corrected chi connectivity index (χ1v) is 10.2. The Morgan fingerprint density at radius 3 is 1.17 bits per heavy atom. The van der Waals surface area contributed by atoms with Gasteiger partial charge < -0.3 is 0 Å². The van der Waals surface area contributed by atoms with Gasteiger partial charge in [-0.1, -0.05) is 87.5 Å². The van der Waals surface area contributed by atoms with Crippen molar-refractivity contribution in [2.24, 2.45) is 34.5 Å². The summed E-state index contributed by atoms with van der Waals surface area (Å²) < 4.78 is 0. The van der Waals surface area contributed by atoms with Gasteiger partial charge in [0.25, 0.3) is 0 Å². The van der Waals surface area contributed by atoms with Crippen LogP contribution in [0.3, 0.4) is 0 Å². The van der Waals surface area contributed by atoms with Crippen molar-refractivity contribution in [1.82, 2.24) is 0 Å². The Morgan fingerprint density at radius 1 is 0.522 bits per heavy atom. The Balaban J connectivity index is 0.000000235. The van der Waals surface area contributed by atoms with E-state index in [1.54, 1.807) is 0 Å². The van der Waals surface area contributed by atoms with Gasteiger partial charge in [0.2, 0.25) is 0 Å². The summed E-state index contributed by atoms with van der Waals surface area (Å²) in [6.07, 6.45) is 15.1. The van der Waals surface area contributed by atoms with Crippen LogP contribution in [0.15, 0.2) is 0 Å². The van der Waals surface area contributed by atoms with Crippen LogP contribution >= 0.6 is 0 Å². The van der Waals surface area contributed by atoms with Crippen molar-refractivity contribution in [1.29, 1.82) is 0 Å². The molecule has 0 saturated heterocycles. The largest absolute Gasteiger partial charge is 0.0776 e. The Morgan fingerprint density at radius 2 is 0.870 bits per heavy atom. The lowest BCUT2D eigenvalue weighted by Crippen LogP contribution is -2.17. The van der Waals surface area contributed by atoms with Crippen molar-refractivity contribution >= 4 is 0 Å². The summed E-state index contributed by atoms with van der Waals surface area (Å²) >= 11 is 0. The van der Waals surface area contributed by atoms with Crippen molar-refractivity contribution in [3.05, 3.63) is 0 Å². The first-order chi connectivity index (χ1) is 10.2. The monoisotopic (exact) mass is 322 g/mol. The molecule has 23 heavy (non-hydrogen) atoms. The fourth-order valence-electron chi connectivity index (χ4n) is 5.23. The van der Waals surface area contributed by atoms with Crippen molar-refractivity contribution in [3.63, 3.8) is 0 Å². The second kappa shape index (κ2) is 8.39. The first kappa shape index (κ1) is 21.0. The minimum Gasteiger partial charge on any atom is -0.0776 e. The van der Waals surface area contributed by atoms with E-state index < -0.39 is 0 Å². The van der Waals surface area contributed by atoms with Crippen LogP contribution in [0.5, 0.6) is 0 Å². The SMILES string of the molecule is C.CC(C)(C)C1CC2CCCCC2C1.CC(C)(C)C1CCCC1. The molecule has 0 aromatic heterocycles. The zero-order chi connectivity index (χ0) is 16.4. The molecule has 0 spiro atoms. The highest BCUT2D eigenvalue weighted by molar-refractivity contribution is 4.90. The van der Waals surface area contributed by atoms with Crippen LogP contribution in [-0.2, 0) is 0 Å². The van der Waals surface area contributed by atoms with Crippen LogP contribution in [0.1, 0.15) is 113 Å². The summed E-state index contributed by atoms with van der Waals surface area (Å²) in [6.45, 7) is 14.4. The van der Waals surface area contributed by atoms with E-state index in [1.807, 2.05) is 0 Å². The molecule has 3 aliphatic carbocycles. The van der Waals surface area contributed by atoms with E-state index in [1.165, 1.54) is 64.2 Å². The van der Waals surface area contributed by atoms with E-state index in [2.05, 4.69) is 41.5 Å². The third-order valence-electron chi connectivity index (χ3n) is 7.05. The van der Waals surface area contributed by atoms with Crippen LogP contribution in [0.25, 0.3) is 0 Å². The van der Waals surface area contributed by atoms with E-state index in [4.69, 9.17) is 0 Å². The molecule has 0 N–H and O–H groups in total. The molecule has 0 heterocycles. The van der Waals surface area contributed by atoms with Gasteiger partial charge in [-0.3, -0.25) is 0 Å². The van der Waals surface area contributed by atoms with Crippen LogP contribution in [0.2, 0.25) is 0 Å². The fourth-order valence-corrected chi connectivity index (χ4v) is 5.23. The maximum atomic E-state index is 2.43. The molecular formula is C23H46. The predicted molar refractivity (Wildman–Crippen MR) is 106 cm³/mol. The fraction of sp³-hybridized carbons (Fsp3) is 1.00. The summed E-state index contributed by atoms with van der Waals surface area (Å²) in [5, 5.41) is 0. The average molecular weight is 323 g/mol. The van der Waals surface area contributed by atoms with Crippen LogP contribution in [0.4, 0.5) is 0 Å². The quantitative estimate of drug-likeness (QED) is 0.422. The van der Waals surface area contributed by atoms with Gasteiger partial charge in [-0.25, -0.2) is 0 Å². The van der Waals surface area contributed by atoms with Crippen LogP contribution in [0, 0.1) is 34.5 Å². The van der Waals surface area contributed by atoms with E-state index in [9.17, 15) is 0 Å². The molecule has 0 aliphatic heterocycles. The minimum atomic E-state index is 0. The molecule has 0 aromatic carbocycles. The molecule has 3 aliphatic rings. The molecule has 0 amide bonds. The number of rotatable bonds is 0. The number of hydrogen-bond acceptors (Lipinski definition) is 0. The van der Waals surface area contributed by atoms with Crippen LogP contribution in [-0.4, -0.2) is 0 Å². The van der Waals surface area contributed by atoms with Crippen molar-refractivity contribution in [2.75, 3.05) is 0 Å². The Hall–Kier alpha value is 0. The molecule has 138 valence electrons. The van der Waals surface area contributed by atoms with Crippen molar-refractivity contribution in [3.8, 4) is 0 Å². The summed E-state index contributed by atoms with van der Waals surface area (Å²) in [7, 11) is 0. The Kier molecular flexibility index (Phi) is 7.68. The lowest BCUT2D eigenvalue weighted by molar-refractivity contribution is 0.236. The molecular weight excluding hydrogens is 276 g/mol. The maximum absolute atomic E-state index is 2.43. The Labute approximate surface area is 148 Å². The lowest BCUT2D eigenvalue weighted by atomic mass is 9.79. The zero-order valence-electron chi connectivity index (χ0n) is 16.4. The molecule has 3 saturated carbocycles. The van der Waals surface area contributed by atoms with Crippen molar-refractivity contribution < 1.29 is 0 Å². The van der Waals surface area contributed by atoms with Gasteiger partial charge in [0.05, 0.1) is 0 Å². The summed E-state index contributed by atoms with van der Waals surface area (Å²) in [5.74, 6) is 4.24. The maximum Gasteiger partial charge on any atom is -0.0354 e. The second-order valence-corrected chi connectivity index (χ2v) is 10.7. The van der Waals surface area contributed by atoms with Crippen molar-refractivity contribution in [2.45, 2.75) is 113 Å². The Bertz CT molecular complexity index is 307. The van der Waals surface area contributed by atoms with Gasteiger partial charge in [0.15, 0.2) is 0 Å². The zero-order valence-corrected chi connectivity index (χ0v) is 16.4. The average Bonchev–Trinajstić information content (AvgIpc) is 3.07. The molecule has 2 unspecified atom stereocenters. The van der Waals surface area contributed by atoms with Crippen LogP contribution < -0.4 is 0 Å². The number of hydrogen-bond donors (Lipinski definition) is 0. The topological polar surface area (TPSA) is 0 Å². The standard InChI is InChI=1S/C13H24.C9H18.CH4/c1-13(2,3)12-8-10-6-4-5-7-11(10)9-12;1-9(2,3)8-6-4-5-7-8;/h10-12H,4-9H2,1-3H3;8H,4-7H2,1-3H3;1H4. The molecule has 0 aromatic rings.